The van der Waals surface area contributed by atoms with Crippen molar-refractivity contribution in [3.63, 3.8) is 0 Å². The number of benzene rings is 2. The monoisotopic (exact) mass is 400 g/mol. The molecule has 2 aromatic carbocycles. The Kier molecular flexibility index (Phi) is 5.52. The van der Waals surface area contributed by atoms with Crippen LogP contribution in [-0.4, -0.2) is 27.6 Å². The van der Waals surface area contributed by atoms with E-state index in [0.717, 1.165) is 16.8 Å². The van der Waals surface area contributed by atoms with Crippen LogP contribution in [-0.2, 0) is 4.79 Å². The molecule has 7 nitrogen and oxygen atoms in total. The van der Waals surface area contributed by atoms with Gasteiger partial charge in [0.1, 0.15) is 11.6 Å². The number of rotatable bonds is 6. The summed E-state index contributed by atoms with van der Waals surface area (Å²) in [5, 5.41) is 6.79. The summed E-state index contributed by atoms with van der Waals surface area (Å²) in [4.78, 5) is 21.0. The zero-order valence-electron chi connectivity index (χ0n) is 16.6. The van der Waals surface area contributed by atoms with Crippen LogP contribution < -0.4 is 10.1 Å². The predicted molar refractivity (Wildman–Crippen MR) is 113 cm³/mol. The summed E-state index contributed by atoms with van der Waals surface area (Å²) in [5.41, 5.74) is 3.41. The second-order valence-corrected chi connectivity index (χ2v) is 6.79. The highest BCUT2D eigenvalue weighted by molar-refractivity contribution is 5.91. The Morgan fingerprint density at radius 1 is 1.00 bits per heavy atom. The SMILES string of the molecule is Cc1cccc(-c2noc(-c3ccccc3OCC(=O)Nc3cccc(C)n3)n2)c1. The van der Waals surface area contributed by atoms with Crippen LogP contribution in [0.1, 0.15) is 11.3 Å². The molecule has 0 fully saturated rings. The number of amides is 1. The number of carbonyl (C=O) groups is 1. The smallest absolute Gasteiger partial charge is 0.263 e. The average molecular weight is 400 g/mol. The number of nitrogens with one attached hydrogen (secondary N) is 1. The van der Waals surface area contributed by atoms with Gasteiger partial charge in [-0.25, -0.2) is 4.98 Å². The number of aromatic nitrogens is 3. The van der Waals surface area contributed by atoms with E-state index in [4.69, 9.17) is 9.26 Å². The first-order valence-electron chi connectivity index (χ1n) is 9.45. The molecule has 30 heavy (non-hydrogen) atoms. The van der Waals surface area contributed by atoms with E-state index < -0.39 is 0 Å². The summed E-state index contributed by atoms with van der Waals surface area (Å²) < 4.78 is 11.2. The van der Waals surface area contributed by atoms with Crippen LogP contribution in [0.3, 0.4) is 0 Å². The Balaban J connectivity index is 1.48. The lowest BCUT2D eigenvalue weighted by molar-refractivity contribution is -0.118. The van der Waals surface area contributed by atoms with Crippen molar-refractivity contribution in [2.24, 2.45) is 0 Å². The molecule has 0 aliphatic rings. The molecule has 1 amide bonds. The van der Waals surface area contributed by atoms with Gasteiger partial charge in [0.15, 0.2) is 6.61 Å². The minimum Gasteiger partial charge on any atom is -0.483 e. The molecule has 0 bridgehead atoms. The quantitative estimate of drug-likeness (QED) is 0.515. The van der Waals surface area contributed by atoms with Gasteiger partial charge in [-0.3, -0.25) is 4.79 Å². The molecule has 0 aliphatic carbocycles. The Bertz CT molecular complexity index is 1190. The van der Waals surface area contributed by atoms with E-state index in [1.807, 2.05) is 68.4 Å². The Morgan fingerprint density at radius 3 is 2.67 bits per heavy atom. The molecular formula is C23H20N4O3. The molecule has 7 heteroatoms. The lowest BCUT2D eigenvalue weighted by Gasteiger charge is -2.09. The lowest BCUT2D eigenvalue weighted by Crippen LogP contribution is -2.21. The minimum atomic E-state index is -0.311. The van der Waals surface area contributed by atoms with Crippen molar-refractivity contribution in [3.8, 4) is 28.6 Å². The summed E-state index contributed by atoms with van der Waals surface area (Å²) in [5.74, 6) is 1.46. The zero-order chi connectivity index (χ0) is 20.9. The Labute approximate surface area is 173 Å². The van der Waals surface area contributed by atoms with E-state index in [0.29, 0.717) is 28.8 Å². The van der Waals surface area contributed by atoms with Gasteiger partial charge in [-0.1, -0.05) is 47.1 Å². The molecule has 2 heterocycles. The van der Waals surface area contributed by atoms with Crippen molar-refractivity contribution in [2.75, 3.05) is 11.9 Å². The first kappa shape index (κ1) is 19.3. The van der Waals surface area contributed by atoms with Crippen molar-refractivity contribution in [3.05, 3.63) is 78.0 Å². The number of pyridine rings is 1. The van der Waals surface area contributed by atoms with Crippen molar-refractivity contribution in [1.82, 2.24) is 15.1 Å². The lowest BCUT2D eigenvalue weighted by atomic mass is 10.1. The van der Waals surface area contributed by atoms with Crippen molar-refractivity contribution >= 4 is 11.7 Å². The van der Waals surface area contributed by atoms with Gasteiger partial charge in [0, 0.05) is 11.3 Å². The molecule has 0 aliphatic heterocycles. The van der Waals surface area contributed by atoms with E-state index in [2.05, 4.69) is 20.4 Å². The summed E-state index contributed by atoms with van der Waals surface area (Å²) in [7, 11) is 0. The van der Waals surface area contributed by atoms with Crippen LogP contribution in [0.15, 0.2) is 71.3 Å². The third-order valence-electron chi connectivity index (χ3n) is 4.33. The highest BCUT2D eigenvalue weighted by Crippen LogP contribution is 2.30. The standard InChI is InChI=1S/C23H20N4O3/c1-15-7-5-9-17(13-15)22-26-23(30-27-22)18-10-3-4-11-19(18)29-14-21(28)25-20-12-6-8-16(2)24-20/h3-13H,14H2,1-2H3,(H,24,25,28). The second kappa shape index (κ2) is 8.57. The van der Waals surface area contributed by atoms with E-state index in [-0.39, 0.29) is 12.5 Å². The molecular weight excluding hydrogens is 380 g/mol. The van der Waals surface area contributed by atoms with E-state index in [1.165, 1.54) is 0 Å². The molecule has 0 spiro atoms. The van der Waals surface area contributed by atoms with E-state index >= 15 is 0 Å². The van der Waals surface area contributed by atoms with Gasteiger partial charge in [0.2, 0.25) is 5.82 Å². The molecule has 1 N–H and O–H groups in total. The summed E-state index contributed by atoms with van der Waals surface area (Å²) in [6, 6.07) is 20.5. The van der Waals surface area contributed by atoms with Gasteiger partial charge in [-0.05, 0) is 44.2 Å². The van der Waals surface area contributed by atoms with Gasteiger partial charge >= 0.3 is 0 Å². The maximum atomic E-state index is 12.2. The van der Waals surface area contributed by atoms with Crippen LogP contribution >= 0.6 is 0 Å². The maximum absolute atomic E-state index is 12.2. The maximum Gasteiger partial charge on any atom is 0.263 e. The van der Waals surface area contributed by atoms with Crippen LogP contribution in [0.2, 0.25) is 0 Å². The van der Waals surface area contributed by atoms with Gasteiger partial charge in [-0.15, -0.1) is 0 Å². The fourth-order valence-corrected chi connectivity index (χ4v) is 2.94. The van der Waals surface area contributed by atoms with Gasteiger partial charge in [-0.2, -0.15) is 4.98 Å². The molecule has 0 unspecified atom stereocenters. The van der Waals surface area contributed by atoms with Gasteiger partial charge in [0.05, 0.1) is 5.56 Å². The highest BCUT2D eigenvalue weighted by Gasteiger charge is 2.16. The third kappa shape index (κ3) is 4.52. The zero-order valence-corrected chi connectivity index (χ0v) is 16.6. The fraction of sp³-hybridized carbons (Fsp3) is 0.130. The Hall–Kier alpha value is -4.00. The number of nitrogens with zero attached hydrogens (tertiary/aromatic N) is 3. The minimum absolute atomic E-state index is 0.175. The summed E-state index contributed by atoms with van der Waals surface area (Å²) in [6.45, 7) is 3.69. The normalized spacial score (nSPS) is 10.6. The number of para-hydroxylation sites is 1. The van der Waals surface area contributed by atoms with Crippen molar-refractivity contribution < 1.29 is 14.1 Å². The van der Waals surface area contributed by atoms with Gasteiger partial charge < -0.3 is 14.6 Å². The first-order chi connectivity index (χ1) is 14.6. The topological polar surface area (TPSA) is 90.1 Å². The van der Waals surface area contributed by atoms with Crippen LogP contribution in [0.4, 0.5) is 5.82 Å². The number of hydrogen-bond donors (Lipinski definition) is 1. The van der Waals surface area contributed by atoms with E-state index in [1.54, 1.807) is 12.1 Å². The largest absolute Gasteiger partial charge is 0.483 e. The second-order valence-electron chi connectivity index (χ2n) is 6.79. The molecule has 0 radical (unpaired) electrons. The summed E-state index contributed by atoms with van der Waals surface area (Å²) in [6.07, 6.45) is 0. The average Bonchev–Trinajstić information content (AvgIpc) is 3.23. The number of carbonyl (C=O) groups excluding carboxylic acids is 1. The third-order valence-corrected chi connectivity index (χ3v) is 4.33. The number of hydrogen-bond acceptors (Lipinski definition) is 6. The van der Waals surface area contributed by atoms with E-state index in [9.17, 15) is 4.79 Å². The van der Waals surface area contributed by atoms with Crippen molar-refractivity contribution in [1.29, 1.82) is 0 Å². The number of aryl methyl sites for hydroxylation is 2. The van der Waals surface area contributed by atoms with Crippen LogP contribution in [0, 0.1) is 13.8 Å². The molecule has 4 aromatic rings. The summed E-state index contributed by atoms with van der Waals surface area (Å²) >= 11 is 0. The van der Waals surface area contributed by atoms with Gasteiger partial charge in [0.25, 0.3) is 11.8 Å². The molecule has 0 atom stereocenters. The molecule has 0 saturated heterocycles. The van der Waals surface area contributed by atoms with Crippen LogP contribution in [0.25, 0.3) is 22.8 Å². The molecule has 4 rings (SSSR count). The molecule has 0 saturated carbocycles. The highest BCUT2D eigenvalue weighted by atomic mass is 16.5. The molecule has 150 valence electrons. The predicted octanol–water partition coefficient (Wildman–Crippen LogP) is 4.43. The fourth-order valence-electron chi connectivity index (χ4n) is 2.94. The number of anilines is 1. The molecule has 2 aromatic heterocycles. The van der Waals surface area contributed by atoms with Crippen LogP contribution in [0.5, 0.6) is 5.75 Å². The first-order valence-corrected chi connectivity index (χ1v) is 9.45. The Morgan fingerprint density at radius 2 is 1.83 bits per heavy atom. The van der Waals surface area contributed by atoms with Crippen molar-refractivity contribution in [2.45, 2.75) is 13.8 Å². The number of ether oxygens (including phenoxy) is 1.